The van der Waals surface area contributed by atoms with Crippen LogP contribution < -0.4 is 5.73 Å². The highest BCUT2D eigenvalue weighted by atomic mass is 16.3. The van der Waals surface area contributed by atoms with Crippen molar-refractivity contribution in [3.63, 3.8) is 0 Å². The van der Waals surface area contributed by atoms with E-state index in [1.807, 2.05) is 6.92 Å². The Labute approximate surface area is 84.1 Å². The smallest absolute Gasteiger partial charge is 0.242 e. The second-order valence-corrected chi connectivity index (χ2v) is 4.95. The van der Waals surface area contributed by atoms with Crippen molar-refractivity contribution in [1.29, 1.82) is 0 Å². The molecule has 2 rings (SSSR count). The van der Waals surface area contributed by atoms with Crippen molar-refractivity contribution >= 4 is 5.91 Å². The van der Waals surface area contributed by atoms with Crippen molar-refractivity contribution < 1.29 is 9.90 Å². The van der Waals surface area contributed by atoms with Crippen molar-refractivity contribution in [2.75, 3.05) is 13.1 Å². The summed E-state index contributed by atoms with van der Waals surface area (Å²) >= 11 is 0. The molecule has 1 saturated carbocycles. The monoisotopic (exact) mass is 198 g/mol. The molecule has 4 heteroatoms. The Balaban J connectivity index is 1.92. The summed E-state index contributed by atoms with van der Waals surface area (Å²) in [5.41, 5.74) is 4.69. The van der Waals surface area contributed by atoms with Crippen molar-refractivity contribution in [2.45, 2.75) is 43.7 Å². The predicted molar refractivity (Wildman–Crippen MR) is 52.6 cm³/mol. The van der Waals surface area contributed by atoms with Crippen LogP contribution in [0.3, 0.4) is 0 Å². The van der Waals surface area contributed by atoms with E-state index in [-0.39, 0.29) is 5.91 Å². The van der Waals surface area contributed by atoms with Gasteiger partial charge in [0.2, 0.25) is 5.91 Å². The second kappa shape index (κ2) is 2.94. The molecule has 0 unspecified atom stereocenters. The van der Waals surface area contributed by atoms with Crippen LogP contribution in [0.25, 0.3) is 0 Å². The average molecular weight is 198 g/mol. The molecule has 0 bridgehead atoms. The van der Waals surface area contributed by atoms with E-state index in [1.165, 1.54) is 0 Å². The van der Waals surface area contributed by atoms with E-state index in [1.54, 1.807) is 4.90 Å². The lowest BCUT2D eigenvalue weighted by atomic mass is 9.93. The molecule has 1 aliphatic heterocycles. The fourth-order valence-corrected chi connectivity index (χ4v) is 1.85. The van der Waals surface area contributed by atoms with Crippen LogP contribution >= 0.6 is 0 Å². The summed E-state index contributed by atoms with van der Waals surface area (Å²) in [5, 5.41) is 9.72. The van der Waals surface area contributed by atoms with Gasteiger partial charge in [-0.3, -0.25) is 4.79 Å². The van der Waals surface area contributed by atoms with Gasteiger partial charge < -0.3 is 15.7 Å². The molecule has 0 aromatic rings. The van der Waals surface area contributed by atoms with E-state index in [2.05, 4.69) is 0 Å². The van der Waals surface area contributed by atoms with Crippen LogP contribution in [0.15, 0.2) is 0 Å². The highest BCUT2D eigenvalue weighted by molar-refractivity contribution is 5.89. The molecule has 4 nitrogen and oxygen atoms in total. The number of nitrogens with zero attached hydrogens (tertiary/aromatic N) is 1. The van der Waals surface area contributed by atoms with Gasteiger partial charge in [0.25, 0.3) is 0 Å². The third-order valence-electron chi connectivity index (χ3n) is 3.34. The quantitative estimate of drug-likeness (QED) is 0.616. The number of aliphatic hydroxyl groups is 1. The lowest BCUT2D eigenvalue weighted by Crippen LogP contribution is -2.51. The zero-order chi connectivity index (χ0) is 10.4. The number of carbonyl (C=O) groups excluding carboxylic acids is 1. The molecule has 1 aliphatic carbocycles. The van der Waals surface area contributed by atoms with Gasteiger partial charge in [0, 0.05) is 13.1 Å². The van der Waals surface area contributed by atoms with Gasteiger partial charge in [-0.25, -0.2) is 0 Å². The van der Waals surface area contributed by atoms with Crippen molar-refractivity contribution in [3.8, 4) is 0 Å². The van der Waals surface area contributed by atoms with E-state index in [4.69, 9.17) is 5.73 Å². The van der Waals surface area contributed by atoms with Gasteiger partial charge in [-0.1, -0.05) is 0 Å². The first kappa shape index (κ1) is 9.93. The molecule has 2 aliphatic rings. The molecule has 1 saturated heterocycles. The highest BCUT2D eigenvalue weighted by Crippen LogP contribution is 2.35. The fourth-order valence-electron chi connectivity index (χ4n) is 1.85. The summed E-state index contributed by atoms with van der Waals surface area (Å²) < 4.78 is 0. The third-order valence-corrected chi connectivity index (χ3v) is 3.34. The van der Waals surface area contributed by atoms with Crippen molar-refractivity contribution in [2.24, 2.45) is 5.73 Å². The van der Waals surface area contributed by atoms with E-state index in [9.17, 15) is 9.90 Å². The molecular weight excluding hydrogens is 180 g/mol. The summed E-state index contributed by atoms with van der Waals surface area (Å²) in [4.78, 5) is 13.6. The Morgan fingerprint density at radius 2 is 1.79 bits per heavy atom. The zero-order valence-electron chi connectivity index (χ0n) is 8.62. The van der Waals surface area contributed by atoms with Gasteiger partial charge in [0.1, 0.15) is 0 Å². The molecule has 14 heavy (non-hydrogen) atoms. The first-order valence-corrected chi connectivity index (χ1v) is 5.24. The SMILES string of the molecule is CC1(O)CCN(C(=O)C2(N)CC2)CC1. The summed E-state index contributed by atoms with van der Waals surface area (Å²) in [6.45, 7) is 3.11. The maximum Gasteiger partial charge on any atom is 0.242 e. The zero-order valence-corrected chi connectivity index (χ0v) is 8.62. The van der Waals surface area contributed by atoms with E-state index >= 15 is 0 Å². The summed E-state index contributed by atoms with van der Waals surface area (Å²) in [6.07, 6.45) is 2.96. The average Bonchev–Trinajstić information content (AvgIpc) is 2.84. The van der Waals surface area contributed by atoms with Gasteiger partial charge in [0.05, 0.1) is 11.1 Å². The largest absolute Gasteiger partial charge is 0.390 e. The standard InChI is InChI=1S/C10H18N2O2/c1-9(14)4-6-12(7-5-9)8(13)10(11)2-3-10/h14H,2-7,11H2,1H3. The lowest BCUT2D eigenvalue weighted by Gasteiger charge is -2.36. The second-order valence-electron chi connectivity index (χ2n) is 4.95. The molecule has 0 aromatic carbocycles. The Morgan fingerprint density at radius 3 is 2.21 bits per heavy atom. The molecule has 3 N–H and O–H groups in total. The van der Waals surface area contributed by atoms with Gasteiger partial charge in [0.15, 0.2) is 0 Å². The van der Waals surface area contributed by atoms with Crippen LogP contribution in [0, 0.1) is 0 Å². The number of likely N-dealkylation sites (tertiary alicyclic amines) is 1. The maximum atomic E-state index is 11.8. The molecule has 1 heterocycles. The Bertz CT molecular complexity index is 249. The molecule has 0 aromatic heterocycles. The fraction of sp³-hybridized carbons (Fsp3) is 0.900. The van der Waals surface area contributed by atoms with Crippen molar-refractivity contribution in [3.05, 3.63) is 0 Å². The normalized spacial score (nSPS) is 28.6. The van der Waals surface area contributed by atoms with E-state index in [0.29, 0.717) is 25.9 Å². The van der Waals surface area contributed by atoms with E-state index < -0.39 is 11.1 Å². The predicted octanol–water partition coefficient (Wildman–Crippen LogP) is -0.149. The van der Waals surface area contributed by atoms with Crippen LogP contribution in [0.1, 0.15) is 32.6 Å². The van der Waals surface area contributed by atoms with Gasteiger partial charge in [-0.15, -0.1) is 0 Å². The Morgan fingerprint density at radius 1 is 1.29 bits per heavy atom. The number of hydrogen-bond acceptors (Lipinski definition) is 3. The summed E-state index contributed by atoms with van der Waals surface area (Å²) in [7, 11) is 0. The van der Waals surface area contributed by atoms with Crippen LogP contribution in [0.2, 0.25) is 0 Å². The molecule has 80 valence electrons. The van der Waals surface area contributed by atoms with E-state index in [0.717, 1.165) is 12.8 Å². The molecule has 2 fully saturated rings. The van der Waals surface area contributed by atoms with Gasteiger partial charge >= 0.3 is 0 Å². The van der Waals surface area contributed by atoms with Gasteiger partial charge in [-0.05, 0) is 32.6 Å². The number of carbonyl (C=O) groups is 1. The maximum absolute atomic E-state index is 11.8. The molecule has 1 amide bonds. The first-order chi connectivity index (χ1) is 6.43. The lowest BCUT2D eigenvalue weighted by molar-refractivity contribution is -0.137. The number of hydrogen-bond donors (Lipinski definition) is 2. The summed E-state index contributed by atoms with van der Waals surface area (Å²) in [5.74, 6) is 0.0769. The number of amides is 1. The minimum absolute atomic E-state index is 0.0769. The summed E-state index contributed by atoms with van der Waals surface area (Å²) in [6, 6.07) is 0. The number of rotatable bonds is 1. The number of piperidine rings is 1. The number of nitrogens with two attached hydrogens (primary N) is 1. The molecule has 0 spiro atoms. The minimum Gasteiger partial charge on any atom is -0.390 e. The van der Waals surface area contributed by atoms with Crippen LogP contribution in [-0.4, -0.2) is 40.1 Å². The molecule has 0 atom stereocenters. The topological polar surface area (TPSA) is 66.6 Å². The van der Waals surface area contributed by atoms with Crippen LogP contribution in [0.4, 0.5) is 0 Å². The molecule has 0 radical (unpaired) electrons. The van der Waals surface area contributed by atoms with Crippen molar-refractivity contribution in [1.82, 2.24) is 4.90 Å². The molecular formula is C10H18N2O2. The van der Waals surface area contributed by atoms with Crippen LogP contribution in [0.5, 0.6) is 0 Å². The Hall–Kier alpha value is -0.610. The van der Waals surface area contributed by atoms with Crippen LogP contribution in [-0.2, 0) is 4.79 Å². The highest BCUT2D eigenvalue weighted by Gasteiger charge is 2.48. The first-order valence-electron chi connectivity index (χ1n) is 5.24. The minimum atomic E-state index is -0.595. The van der Waals surface area contributed by atoms with Gasteiger partial charge in [-0.2, -0.15) is 0 Å². The Kier molecular flexibility index (Phi) is 2.08. The third kappa shape index (κ3) is 1.77.